The third-order valence-electron chi connectivity index (χ3n) is 3.33. The van der Waals surface area contributed by atoms with Gasteiger partial charge in [0.25, 0.3) is 5.56 Å². The SMILES string of the molecule is CSc1nc(-c2ccccn2)n(-c2ccc(F)cc2)c(=O)c1C#N. The van der Waals surface area contributed by atoms with E-state index in [2.05, 4.69) is 9.97 Å². The standard InChI is InChI=1S/C17H11FN4OS/c1-24-16-13(10-19)17(23)22(12-7-5-11(18)6-8-12)15(21-16)14-4-2-3-9-20-14/h2-9H,1H3. The second-order valence-corrected chi connectivity index (χ2v) is 5.56. The number of hydrogen-bond donors (Lipinski definition) is 0. The second-order valence-electron chi connectivity index (χ2n) is 4.76. The van der Waals surface area contributed by atoms with Gasteiger partial charge in [-0.05, 0) is 42.7 Å². The Hall–Kier alpha value is -2.98. The molecular weight excluding hydrogens is 327 g/mol. The van der Waals surface area contributed by atoms with Gasteiger partial charge in [0.2, 0.25) is 0 Å². The Bertz CT molecular complexity index is 978. The zero-order valence-electron chi connectivity index (χ0n) is 12.6. The molecule has 0 aliphatic carbocycles. The molecular formula is C17H11FN4OS. The Kier molecular flexibility index (Phi) is 4.40. The van der Waals surface area contributed by atoms with E-state index in [0.29, 0.717) is 22.2 Å². The number of nitrogens with zero attached hydrogens (tertiary/aromatic N) is 4. The summed E-state index contributed by atoms with van der Waals surface area (Å²) in [5.41, 5.74) is 0.341. The highest BCUT2D eigenvalue weighted by molar-refractivity contribution is 7.98. The van der Waals surface area contributed by atoms with Gasteiger partial charge < -0.3 is 0 Å². The zero-order chi connectivity index (χ0) is 17.1. The average molecular weight is 338 g/mol. The van der Waals surface area contributed by atoms with Crippen LogP contribution in [-0.4, -0.2) is 20.8 Å². The van der Waals surface area contributed by atoms with Gasteiger partial charge in [-0.15, -0.1) is 11.8 Å². The Morgan fingerprint density at radius 3 is 2.54 bits per heavy atom. The summed E-state index contributed by atoms with van der Waals surface area (Å²) < 4.78 is 14.5. The van der Waals surface area contributed by atoms with Crippen molar-refractivity contribution in [1.82, 2.24) is 14.5 Å². The predicted octanol–water partition coefficient (Wildman–Crippen LogP) is 3.03. The molecule has 0 aliphatic heterocycles. The molecule has 2 aromatic heterocycles. The lowest BCUT2D eigenvalue weighted by atomic mass is 10.2. The summed E-state index contributed by atoms with van der Waals surface area (Å²) >= 11 is 1.21. The number of halogens is 1. The average Bonchev–Trinajstić information content (AvgIpc) is 2.62. The molecule has 0 unspecified atom stereocenters. The molecule has 0 N–H and O–H groups in total. The number of hydrogen-bond acceptors (Lipinski definition) is 5. The third-order valence-corrected chi connectivity index (χ3v) is 4.02. The quantitative estimate of drug-likeness (QED) is 0.542. The van der Waals surface area contributed by atoms with Crippen LogP contribution in [0.3, 0.4) is 0 Å². The molecule has 0 bridgehead atoms. The van der Waals surface area contributed by atoms with Crippen molar-refractivity contribution in [3.05, 3.63) is 70.4 Å². The van der Waals surface area contributed by atoms with E-state index >= 15 is 0 Å². The van der Waals surface area contributed by atoms with Crippen molar-refractivity contribution in [1.29, 1.82) is 5.26 Å². The number of thioether (sulfide) groups is 1. The molecule has 0 fully saturated rings. The van der Waals surface area contributed by atoms with Crippen LogP contribution in [-0.2, 0) is 0 Å². The first-order valence-electron chi connectivity index (χ1n) is 6.94. The van der Waals surface area contributed by atoms with E-state index in [1.165, 1.54) is 40.6 Å². The van der Waals surface area contributed by atoms with Gasteiger partial charge in [0.05, 0.1) is 5.69 Å². The van der Waals surface area contributed by atoms with Crippen molar-refractivity contribution >= 4 is 11.8 Å². The second kappa shape index (κ2) is 6.64. The summed E-state index contributed by atoms with van der Waals surface area (Å²) in [6.07, 6.45) is 3.33. The van der Waals surface area contributed by atoms with E-state index in [9.17, 15) is 14.4 Å². The Balaban J connectivity index is 2.39. The van der Waals surface area contributed by atoms with Crippen molar-refractivity contribution in [3.63, 3.8) is 0 Å². The Labute approximate surface area is 141 Å². The normalized spacial score (nSPS) is 10.4. The zero-order valence-corrected chi connectivity index (χ0v) is 13.4. The van der Waals surface area contributed by atoms with Gasteiger partial charge in [-0.2, -0.15) is 5.26 Å². The third kappa shape index (κ3) is 2.79. The number of aromatic nitrogens is 3. The van der Waals surface area contributed by atoms with Crippen LogP contribution in [0, 0.1) is 17.1 Å². The van der Waals surface area contributed by atoms with E-state index < -0.39 is 11.4 Å². The van der Waals surface area contributed by atoms with Crippen LogP contribution in [0.1, 0.15) is 5.56 Å². The summed E-state index contributed by atoms with van der Waals surface area (Å²) in [6, 6.07) is 12.6. The topological polar surface area (TPSA) is 71.6 Å². The van der Waals surface area contributed by atoms with Crippen LogP contribution in [0.15, 0.2) is 58.5 Å². The summed E-state index contributed by atoms with van der Waals surface area (Å²) in [5, 5.41) is 9.65. The molecule has 7 heteroatoms. The maximum atomic E-state index is 13.2. The van der Waals surface area contributed by atoms with E-state index in [4.69, 9.17) is 0 Å². The molecule has 118 valence electrons. The first-order chi connectivity index (χ1) is 11.7. The molecule has 2 heterocycles. The predicted molar refractivity (Wildman–Crippen MR) is 89.5 cm³/mol. The van der Waals surface area contributed by atoms with Gasteiger partial charge in [0.1, 0.15) is 28.2 Å². The first kappa shape index (κ1) is 15.9. The van der Waals surface area contributed by atoms with E-state index in [0.717, 1.165) is 0 Å². The van der Waals surface area contributed by atoms with Gasteiger partial charge in [-0.3, -0.25) is 14.3 Å². The minimum Gasteiger partial charge on any atom is -0.267 e. The maximum absolute atomic E-state index is 13.2. The molecule has 1 aromatic carbocycles. The fourth-order valence-corrected chi connectivity index (χ4v) is 2.76. The lowest BCUT2D eigenvalue weighted by molar-refractivity contribution is 0.627. The molecule has 0 amide bonds. The smallest absolute Gasteiger partial charge is 0.267 e. The molecule has 3 aromatic rings. The van der Waals surface area contributed by atoms with Crippen LogP contribution >= 0.6 is 11.8 Å². The van der Waals surface area contributed by atoms with Crippen molar-refractivity contribution in [2.24, 2.45) is 0 Å². The van der Waals surface area contributed by atoms with Gasteiger partial charge >= 0.3 is 0 Å². The van der Waals surface area contributed by atoms with Crippen molar-refractivity contribution in [2.45, 2.75) is 5.03 Å². The van der Waals surface area contributed by atoms with Crippen LogP contribution in [0.4, 0.5) is 4.39 Å². The van der Waals surface area contributed by atoms with E-state index in [1.54, 1.807) is 30.7 Å². The number of nitriles is 1. The van der Waals surface area contributed by atoms with Gasteiger partial charge in [-0.1, -0.05) is 6.07 Å². The summed E-state index contributed by atoms with van der Waals surface area (Å²) in [7, 11) is 0. The monoisotopic (exact) mass is 338 g/mol. The molecule has 5 nitrogen and oxygen atoms in total. The van der Waals surface area contributed by atoms with Crippen LogP contribution in [0.5, 0.6) is 0 Å². The van der Waals surface area contributed by atoms with Crippen LogP contribution < -0.4 is 5.56 Å². The number of rotatable bonds is 3. The molecule has 3 rings (SSSR count). The lowest BCUT2D eigenvalue weighted by Gasteiger charge is -2.13. The summed E-state index contributed by atoms with van der Waals surface area (Å²) in [5.74, 6) is -0.115. The summed E-state index contributed by atoms with van der Waals surface area (Å²) in [6.45, 7) is 0. The first-order valence-corrected chi connectivity index (χ1v) is 8.16. The van der Waals surface area contributed by atoms with Crippen molar-refractivity contribution in [3.8, 4) is 23.3 Å². The van der Waals surface area contributed by atoms with Crippen molar-refractivity contribution < 1.29 is 4.39 Å². The highest BCUT2D eigenvalue weighted by atomic mass is 32.2. The summed E-state index contributed by atoms with van der Waals surface area (Å²) in [4.78, 5) is 21.5. The molecule has 0 radical (unpaired) electrons. The number of benzene rings is 1. The minimum absolute atomic E-state index is 0.0495. The van der Waals surface area contributed by atoms with E-state index in [-0.39, 0.29) is 5.56 Å². The molecule has 0 saturated heterocycles. The number of pyridine rings is 1. The highest BCUT2D eigenvalue weighted by Crippen LogP contribution is 2.23. The fraction of sp³-hybridized carbons (Fsp3) is 0.0588. The van der Waals surface area contributed by atoms with E-state index in [1.807, 2.05) is 6.07 Å². The molecule has 0 spiro atoms. The molecule has 0 atom stereocenters. The Morgan fingerprint density at radius 2 is 1.96 bits per heavy atom. The lowest BCUT2D eigenvalue weighted by Crippen LogP contribution is -2.25. The largest absolute Gasteiger partial charge is 0.277 e. The molecule has 0 saturated carbocycles. The fourth-order valence-electron chi connectivity index (χ4n) is 2.24. The maximum Gasteiger partial charge on any atom is 0.277 e. The highest BCUT2D eigenvalue weighted by Gasteiger charge is 2.19. The van der Waals surface area contributed by atoms with Crippen LogP contribution in [0.2, 0.25) is 0 Å². The van der Waals surface area contributed by atoms with Crippen molar-refractivity contribution in [2.75, 3.05) is 6.26 Å². The van der Waals surface area contributed by atoms with Gasteiger partial charge in [0.15, 0.2) is 5.82 Å². The minimum atomic E-state index is -0.510. The van der Waals surface area contributed by atoms with Crippen LogP contribution in [0.25, 0.3) is 17.2 Å². The Morgan fingerprint density at radius 1 is 1.21 bits per heavy atom. The van der Waals surface area contributed by atoms with Gasteiger partial charge in [-0.25, -0.2) is 9.37 Å². The molecule has 0 aliphatic rings. The molecule has 24 heavy (non-hydrogen) atoms. The van der Waals surface area contributed by atoms with Gasteiger partial charge in [0, 0.05) is 6.20 Å².